The van der Waals surface area contributed by atoms with Crippen LogP contribution in [0.4, 0.5) is 17.1 Å². The van der Waals surface area contributed by atoms with Gasteiger partial charge in [0.05, 0.1) is 16.4 Å². The van der Waals surface area contributed by atoms with Gasteiger partial charge in [0, 0.05) is 33.5 Å². The number of anilines is 3. The third-order valence-electron chi connectivity index (χ3n) is 16.6. The Labute approximate surface area is 435 Å². The van der Waals surface area contributed by atoms with E-state index in [1.807, 2.05) is 0 Å². The number of para-hydroxylation sites is 2. The van der Waals surface area contributed by atoms with Gasteiger partial charge in [0.2, 0.25) is 0 Å². The Balaban J connectivity index is 0.858. The van der Waals surface area contributed by atoms with Crippen molar-refractivity contribution >= 4 is 71.2 Å². The van der Waals surface area contributed by atoms with Crippen LogP contribution in [0.15, 0.2) is 279 Å². The van der Waals surface area contributed by atoms with E-state index in [4.69, 9.17) is 0 Å². The first-order valence-corrected chi connectivity index (χ1v) is 26.1. The van der Waals surface area contributed by atoms with Crippen LogP contribution in [0.2, 0.25) is 0 Å². The predicted octanol–water partition coefficient (Wildman–Crippen LogP) is 19.4. The minimum Gasteiger partial charge on any atom is -0.310 e. The molecule has 14 aromatic rings. The molecule has 348 valence electrons. The first-order valence-electron chi connectivity index (χ1n) is 26.1. The van der Waals surface area contributed by atoms with E-state index in [1.165, 1.54) is 127 Å². The van der Waals surface area contributed by atoms with Gasteiger partial charge in [0.1, 0.15) is 0 Å². The van der Waals surface area contributed by atoms with Crippen molar-refractivity contribution in [2.24, 2.45) is 0 Å². The first kappa shape index (κ1) is 41.8. The lowest BCUT2D eigenvalue weighted by atomic mass is 9.70. The van der Waals surface area contributed by atoms with Crippen molar-refractivity contribution < 1.29 is 0 Å². The number of aromatic nitrogens is 1. The smallest absolute Gasteiger partial charge is 0.0726 e. The Bertz CT molecular complexity index is 4560. The monoisotopic (exact) mass is 950 g/mol. The van der Waals surface area contributed by atoms with Gasteiger partial charge in [-0.3, -0.25) is 0 Å². The zero-order chi connectivity index (χ0) is 49.2. The minimum absolute atomic E-state index is 0.461. The van der Waals surface area contributed by atoms with Crippen LogP contribution in [-0.4, -0.2) is 4.57 Å². The fourth-order valence-corrected chi connectivity index (χ4v) is 13.4. The summed E-state index contributed by atoms with van der Waals surface area (Å²) in [7, 11) is 0. The van der Waals surface area contributed by atoms with Gasteiger partial charge in [-0.15, -0.1) is 0 Å². The molecule has 2 heteroatoms. The van der Waals surface area contributed by atoms with Gasteiger partial charge in [-0.05, 0) is 172 Å². The van der Waals surface area contributed by atoms with Crippen molar-refractivity contribution in [1.29, 1.82) is 0 Å². The minimum atomic E-state index is -0.461. The van der Waals surface area contributed by atoms with Crippen LogP contribution in [0.3, 0.4) is 0 Å². The van der Waals surface area contributed by atoms with Crippen LogP contribution >= 0.6 is 0 Å². The zero-order valence-electron chi connectivity index (χ0n) is 41.0. The van der Waals surface area contributed by atoms with Crippen molar-refractivity contribution in [3.8, 4) is 50.2 Å². The van der Waals surface area contributed by atoms with E-state index in [0.717, 1.165) is 17.1 Å². The molecular formula is C73H46N2. The molecule has 1 spiro atoms. The molecule has 16 rings (SSSR count). The molecule has 0 N–H and O–H groups in total. The topological polar surface area (TPSA) is 8.17 Å². The summed E-state index contributed by atoms with van der Waals surface area (Å²) in [6.07, 6.45) is 0. The summed E-state index contributed by atoms with van der Waals surface area (Å²) in [6, 6.07) is 104. The molecule has 0 atom stereocenters. The molecule has 0 unspecified atom stereocenters. The summed E-state index contributed by atoms with van der Waals surface area (Å²) in [5.41, 5.74) is 21.7. The van der Waals surface area contributed by atoms with Gasteiger partial charge in [-0.25, -0.2) is 0 Å². The molecule has 0 aliphatic heterocycles. The highest BCUT2D eigenvalue weighted by Crippen LogP contribution is 2.63. The Kier molecular flexibility index (Phi) is 8.99. The number of rotatable bonds is 6. The van der Waals surface area contributed by atoms with Gasteiger partial charge in [-0.2, -0.15) is 0 Å². The summed E-state index contributed by atoms with van der Waals surface area (Å²) < 4.78 is 2.38. The quantitative estimate of drug-likeness (QED) is 0.151. The van der Waals surface area contributed by atoms with Crippen molar-refractivity contribution in [2.45, 2.75) is 5.41 Å². The normalized spacial score (nSPS) is 12.9. The van der Waals surface area contributed by atoms with Crippen LogP contribution in [0.25, 0.3) is 104 Å². The Morgan fingerprint density at radius 1 is 0.240 bits per heavy atom. The SMILES string of the molecule is c1ccc(-n2c3ccccc3c3cc(-c4cccc(-c5ccc(N(c6ccc7c(c6)C6(c8ccccc8-c8ccccc86)c6ccccc6-7)c6ccc7c8ccccc8c8ccccc8c7c6)cc5)c4)ccc32)cc1. The van der Waals surface area contributed by atoms with E-state index in [9.17, 15) is 0 Å². The summed E-state index contributed by atoms with van der Waals surface area (Å²) in [4.78, 5) is 2.48. The maximum atomic E-state index is 2.50. The van der Waals surface area contributed by atoms with E-state index in [2.05, 4.69) is 289 Å². The fraction of sp³-hybridized carbons (Fsp3) is 0.0137. The van der Waals surface area contributed by atoms with Gasteiger partial charge in [0.15, 0.2) is 0 Å². The Morgan fingerprint density at radius 3 is 1.35 bits per heavy atom. The van der Waals surface area contributed by atoms with Gasteiger partial charge in [0.25, 0.3) is 0 Å². The van der Waals surface area contributed by atoms with Crippen molar-refractivity contribution in [2.75, 3.05) is 4.90 Å². The molecule has 13 aromatic carbocycles. The highest BCUT2D eigenvalue weighted by molar-refractivity contribution is 6.26. The number of hydrogen-bond acceptors (Lipinski definition) is 1. The van der Waals surface area contributed by atoms with Crippen molar-refractivity contribution in [3.05, 3.63) is 301 Å². The van der Waals surface area contributed by atoms with Gasteiger partial charge in [-0.1, -0.05) is 206 Å². The van der Waals surface area contributed by atoms with E-state index >= 15 is 0 Å². The lowest BCUT2D eigenvalue weighted by molar-refractivity contribution is 0.793. The first-order chi connectivity index (χ1) is 37.2. The van der Waals surface area contributed by atoms with E-state index in [0.29, 0.717) is 0 Å². The predicted molar refractivity (Wildman–Crippen MR) is 315 cm³/mol. The average molecular weight is 951 g/mol. The van der Waals surface area contributed by atoms with Crippen molar-refractivity contribution in [3.63, 3.8) is 0 Å². The van der Waals surface area contributed by atoms with Crippen LogP contribution in [0.1, 0.15) is 22.3 Å². The van der Waals surface area contributed by atoms with Crippen LogP contribution < -0.4 is 4.90 Å². The third-order valence-corrected chi connectivity index (χ3v) is 16.6. The Morgan fingerprint density at radius 2 is 0.693 bits per heavy atom. The summed E-state index contributed by atoms with van der Waals surface area (Å²) in [5, 5.41) is 10.1. The zero-order valence-corrected chi connectivity index (χ0v) is 41.0. The summed E-state index contributed by atoms with van der Waals surface area (Å²) in [5.74, 6) is 0. The third kappa shape index (κ3) is 6.02. The molecule has 2 aliphatic rings. The van der Waals surface area contributed by atoms with Gasteiger partial charge < -0.3 is 9.47 Å². The second-order valence-electron chi connectivity index (χ2n) is 20.3. The Hall–Kier alpha value is -9.76. The standard InChI is InChI=1S/C73H46N2/c1-2-19-51(20-3-1)75-71-32-15-11-28-64(71)66-44-50(35-42-72(66)75)49-18-16-17-48(43-49)47-33-36-52(37-34-47)74(53-38-40-59-57-23-5-4-21-55(57)56-22-6-7-24-58(56)65(59)45-53)54-39-41-63-62-27-10-14-31-69(62)73(70(63)46-54)67-29-12-8-25-60(67)61-26-9-13-30-68(61)73/h1-46H. The molecule has 1 aromatic heterocycles. The molecule has 0 radical (unpaired) electrons. The fourth-order valence-electron chi connectivity index (χ4n) is 13.4. The largest absolute Gasteiger partial charge is 0.310 e. The van der Waals surface area contributed by atoms with Crippen molar-refractivity contribution in [1.82, 2.24) is 4.57 Å². The van der Waals surface area contributed by atoms with E-state index in [-0.39, 0.29) is 0 Å². The maximum Gasteiger partial charge on any atom is 0.0726 e. The molecule has 0 amide bonds. The second-order valence-corrected chi connectivity index (χ2v) is 20.3. The number of hydrogen-bond donors (Lipinski definition) is 0. The molecule has 0 fully saturated rings. The molecule has 0 saturated carbocycles. The molecule has 1 heterocycles. The van der Waals surface area contributed by atoms with Crippen LogP contribution in [0, 0.1) is 0 Å². The molecular weight excluding hydrogens is 905 g/mol. The highest BCUT2D eigenvalue weighted by Gasteiger charge is 2.51. The van der Waals surface area contributed by atoms with E-state index < -0.39 is 5.41 Å². The summed E-state index contributed by atoms with van der Waals surface area (Å²) >= 11 is 0. The molecule has 0 saturated heterocycles. The lowest BCUT2D eigenvalue weighted by Gasteiger charge is -2.32. The second kappa shape index (κ2) is 16.1. The molecule has 75 heavy (non-hydrogen) atoms. The highest BCUT2D eigenvalue weighted by atomic mass is 15.1. The lowest BCUT2D eigenvalue weighted by Crippen LogP contribution is -2.26. The average Bonchev–Trinajstić information content (AvgIpc) is 4.12. The number of benzene rings is 13. The van der Waals surface area contributed by atoms with Crippen LogP contribution in [-0.2, 0) is 5.41 Å². The van der Waals surface area contributed by atoms with Crippen LogP contribution in [0.5, 0.6) is 0 Å². The molecule has 2 nitrogen and oxygen atoms in total. The number of nitrogens with zero attached hydrogens (tertiary/aromatic N) is 2. The molecule has 0 bridgehead atoms. The maximum absolute atomic E-state index is 2.50. The van der Waals surface area contributed by atoms with Gasteiger partial charge >= 0.3 is 0 Å². The molecule has 2 aliphatic carbocycles. The number of fused-ring (bicyclic) bond motifs is 19. The summed E-state index contributed by atoms with van der Waals surface area (Å²) in [6.45, 7) is 0. The van der Waals surface area contributed by atoms with E-state index in [1.54, 1.807) is 0 Å².